The zero-order valence-corrected chi connectivity index (χ0v) is 15.8. The molecule has 2 amide bonds. The first-order valence-corrected chi connectivity index (χ1v) is 8.92. The molecule has 1 aromatic heterocycles. The van der Waals surface area contributed by atoms with Gasteiger partial charge < -0.3 is 24.9 Å². The van der Waals surface area contributed by atoms with Gasteiger partial charge in [0.05, 0.1) is 6.26 Å². The van der Waals surface area contributed by atoms with Gasteiger partial charge in [-0.2, -0.15) is 0 Å². The van der Waals surface area contributed by atoms with Crippen LogP contribution in [0.5, 0.6) is 5.75 Å². The molecule has 0 aliphatic heterocycles. The number of carboxylic acids is 1. The molecule has 0 aliphatic carbocycles. The van der Waals surface area contributed by atoms with Crippen molar-refractivity contribution in [1.29, 1.82) is 0 Å². The van der Waals surface area contributed by atoms with E-state index in [9.17, 15) is 14.4 Å². The van der Waals surface area contributed by atoms with Gasteiger partial charge in [-0.3, -0.25) is 9.59 Å². The third-order valence-electron chi connectivity index (χ3n) is 3.98. The Balaban J connectivity index is 1.82. The molecule has 150 valence electrons. The molecular formula is C20H24N2O6. The molecule has 1 aromatic carbocycles. The van der Waals surface area contributed by atoms with E-state index >= 15 is 0 Å². The number of carbonyl (C=O) groups is 3. The monoisotopic (exact) mass is 388 g/mol. The Morgan fingerprint density at radius 2 is 1.86 bits per heavy atom. The van der Waals surface area contributed by atoms with Crippen LogP contribution < -0.4 is 15.4 Å². The zero-order chi connectivity index (χ0) is 20.5. The van der Waals surface area contributed by atoms with E-state index in [4.69, 9.17) is 14.3 Å². The summed E-state index contributed by atoms with van der Waals surface area (Å²) in [6, 6.07) is 9.45. The van der Waals surface area contributed by atoms with Crippen LogP contribution in [0.25, 0.3) is 0 Å². The van der Waals surface area contributed by atoms with Crippen LogP contribution in [0.1, 0.15) is 30.0 Å². The zero-order valence-electron chi connectivity index (χ0n) is 15.8. The Morgan fingerprint density at radius 1 is 1.14 bits per heavy atom. The van der Waals surface area contributed by atoms with Crippen molar-refractivity contribution in [3.63, 3.8) is 0 Å². The largest absolute Gasteiger partial charge is 0.482 e. The van der Waals surface area contributed by atoms with Crippen LogP contribution >= 0.6 is 0 Å². The SMILES string of the molecule is CC(C)C(NC(=O)c1ccco1)C(=O)NCCc1ccc(OCC(=O)O)cc1. The van der Waals surface area contributed by atoms with Crippen LogP contribution in [-0.4, -0.2) is 42.1 Å². The van der Waals surface area contributed by atoms with Gasteiger partial charge in [0.2, 0.25) is 5.91 Å². The van der Waals surface area contributed by atoms with Gasteiger partial charge >= 0.3 is 5.97 Å². The Morgan fingerprint density at radius 3 is 2.43 bits per heavy atom. The fraction of sp³-hybridized carbons (Fsp3) is 0.350. The Kier molecular flexibility index (Phi) is 7.62. The van der Waals surface area contributed by atoms with Crippen LogP contribution in [-0.2, 0) is 16.0 Å². The van der Waals surface area contributed by atoms with Crippen molar-refractivity contribution >= 4 is 17.8 Å². The lowest BCUT2D eigenvalue weighted by Gasteiger charge is -2.21. The highest BCUT2D eigenvalue weighted by molar-refractivity contribution is 5.95. The quantitative estimate of drug-likeness (QED) is 0.572. The predicted molar refractivity (Wildman–Crippen MR) is 101 cm³/mol. The molecule has 0 fully saturated rings. The lowest BCUT2D eigenvalue weighted by molar-refractivity contribution is -0.139. The van der Waals surface area contributed by atoms with E-state index in [1.807, 2.05) is 26.0 Å². The maximum absolute atomic E-state index is 12.5. The number of carboxylic acid groups (broad SMARTS) is 1. The summed E-state index contributed by atoms with van der Waals surface area (Å²) in [5.74, 6) is -1.21. The van der Waals surface area contributed by atoms with E-state index in [1.54, 1.807) is 18.2 Å². The van der Waals surface area contributed by atoms with Crippen molar-refractivity contribution in [2.75, 3.05) is 13.2 Å². The molecule has 0 bridgehead atoms. The first-order valence-electron chi connectivity index (χ1n) is 8.92. The maximum Gasteiger partial charge on any atom is 0.341 e. The van der Waals surface area contributed by atoms with Gasteiger partial charge in [-0.25, -0.2) is 4.79 Å². The number of benzene rings is 1. The van der Waals surface area contributed by atoms with E-state index in [-0.39, 0.29) is 17.6 Å². The molecule has 0 saturated carbocycles. The summed E-state index contributed by atoms with van der Waals surface area (Å²) in [5, 5.41) is 14.1. The van der Waals surface area contributed by atoms with Crippen molar-refractivity contribution in [2.45, 2.75) is 26.3 Å². The molecule has 0 saturated heterocycles. The van der Waals surface area contributed by atoms with E-state index in [1.165, 1.54) is 12.3 Å². The molecule has 28 heavy (non-hydrogen) atoms. The molecule has 3 N–H and O–H groups in total. The topological polar surface area (TPSA) is 118 Å². The van der Waals surface area contributed by atoms with Gasteiger partial charge in [-0.15, -0.1) is 0 Å². The number of hydrogen-bond donors (Lipinski definition) is 3. The second-order valence-electron chi connectivity index (χ2n) is 6.54. The van der Waals surface area contributed by atoms with Crippen molar-refractivity contribution in [3.8, 4) is 5.75 Å². The van der Waals surface area contributed by atoms with Gasteiger partial charge in [0.1, 0.15) is 11.8 Å². The number of nitrogens with one attached hydrogen (secondary N) is 2. The highest BCUT2D eigenvalue weighted by atomic mass is 16.5. The number of amides is 2. The second-order valence-corrected chi connectivity index (χ2v) is 6.54. The van der Waals surface area contributed by atoms with E-state index in [0.29, 0.717) is 18.7 Å². The number of ether oxygens (including phenoxy) is 1. The van der Waals surface area contributed by atoms with Gasteiger partial charge in [-0.05, 0) is 42.2 Å². The van der Waals surface area contributed by atoms with E-state index in [2.05, 4.69) is 10.6 Å². The Bertz CT molecular complexity index is 784. The van der Waals surface area contributed by atoms with E-state index in [0.717, 1.165) is 5.56 Å². The van der Waals surface area contributed by atoms with Crippen LogP contribution in [0.4, 0.5) is 0 Å². The summed E-state index contributed by atoms with van der Waals surface area (Å²) in [6.45, 7) is 3.70. The van der Waals surface area contributed by atoms with Gasteiger partial charge in [0.25, 0.3) is 5.91 Å². The minimum absolute atomic E-state index is 0.0930. The Labute approximate surface area is 162 Å². The molecule has 1 unspecified atom stereocenters. The summed E-state index contributed by atoms with van der Waals surface area (Å²) in [4.78, 5) is 35.0. The summed E-state index contributed by atoms with van der Waals surface area (Å²) >= 11 is 0. The molecular weight excluding hydrogens is 364 g/mol. The summed E-state index contributed by atoms with van der Waals surface area (Å²) in [7, 11) is 0. The molecule has 1 atom stereocenters. The summed E-state index contributed by atoms with van der Waals surface area (Å²) in [5.41, 5.74) is 0.962. The molecule has 1 heterocycles. The van der Waals surface area contributed by atoms with Crippen LogP contribution in [0.2, 0.25) is 0 Å². The van der Waals surface area contributed by atoms with Crippen molar-refractivity contribution in [1.82, 2.24) is 10.6 Å². The molecule has 2 aromatic rings. The minimum atomic E-state index is -1.04. The third kappa shape index (κ3) is 6.46. The average Bonchev–Trinajstić information content (AvgIpc) is 3.19. The fourth-order valence-corrected chi connectivity index (χ4v) is 2.49. The summed E-state index contributed by atoms with van der Waals surface area (Å²) in [6.07, 6.45) is 1.99. The molecule has 0 spiro atoms. The smallest absolute Gasteiger partial charge is 0.341 e. The van der Waals surface area contributed by atoms with Gasteiger partial charge in [0, 0.05) is 6.54 Å². The molecule has 0 radical (unpaired) electrons. The van der Waals surface area contributed by atoms with Crippen LogP contribution in [0.15, 0.2) is 47.1 Å². The van der Waals surface area contributed by atoms with E-state index < -0.39 is 24.5 Å². The molecule has 0 aliphatic rings. The normalized spacial score (nSPS) is 11.7. The van der Waals surface area contributed by atoms with Gasteiger partial charge in [-0.1, -0.05) is 26.0 Å². The Hall–Kier alpha value is -3.29. The van der Waals surface area contributed by atoms with Gasteiger partial charge in [0.15, 0.2) is 12.4 Å². The number of carbonyl (C=O) groups excluding carboxylic acids is 2. The second kappa shape index (κ2) is 10.1. The maximum atomic E-state index is 12.5. The number of furan rings is 1. The highest BCUT2D eigenvalue weighted by Crippen LogP contribution is 2.12. The average molecular weight is 388 g/mol. The third-order valence-corrected chi connectivity index (χ3v) is 3.98. The van der Waals surface area contributed by atoms with Crippen molar-refractivity contribution in [3.05, 3.63) is 54.0 Å². The molecule has 2 rings (SSSR count). The lowest BCUT2D eigenvalue weighted by atomic mass is 10.0. The van der Waals surface area contributed by atoms with Crippen LogP contribution in [0.3, 0.4) is 0 Å². The highest BCUT2D eigenvalue weighted by Gasteiger charge is 2.25. The predicted octanol–water partition coefficient (Wildman–Crippen LogP) is 1.86. The number of rotatable bonds is 10. The molecule has 8 heteroatoms. The first kappa shape index (κ1) is 21.0. The van der Waals surface area contributed by atoms with Crippen molar-refractivity contribution in [2.24, 2.45) is 5.92 Å². The number of hydrogen-bond acceptors (Lipinski definition) is 5. The lowest BCUT2D eigenvalue weighted by Crippen LogP contribution is -2.50. The molecule has 8 nitrogen and oxygen atoms in total. The first-order chi connectivity index (χ1) is 13.4. The summed E-state index contributed by atoms with van der Waals surface area (Å²) < 4.78 is 10.1. The fourth-order valence-electron chi connectivity index (χ4n) is 2.49. The standard InChI is InChI=1S/C20H24N2O6/c1-13(2)18(22-19(25)16-4-3-11-27-16)20(26)21-10-9-14-5-7-15(8-6-14)28-12-17(23)24/h3-8,11,13,18H,9-10,12H2,1-2H3,(H,21,26)(H,22,25)(H,23,24). The number of aliphatic carboxylic acids is 1. The van der Waals surface area contributed by atoms with Crippen molar-refractivity contribution < 1.29 is 28.6 Å². The minimum Gasteiger partial charge on any atom is -0.482 e. The van der Waals surface area contributed by atoms with Crippen LogP contribution in [0, 0.1) is 5.92 Å².